The van der Waals surface area contributed by atoms with E-state index in [0.717, 1.165) is 97.4 Å². The van der Waals surface area contributed by atoms with Crippen LogP contribution in [0.4, 0.5) is 0 Å². The molecule has 9 N–H and O–H groups in total. The van der Waals surface area contributed by atoms with Crippen LogP contribution in [0, 0.1) is 0 Å². The van der Waals surface area contributed by atoms with Crippen molar-refractivity contribution in [2.75, 3.05) is 21.3 Å². The van der Waals surface area contributed by atoms with Crippen LogP contribution >= 0.6 is 0 Å². The van der Waals surface area contributed by atoms with Crippen LogP contribution in [0.15, 0.2) is 96.2 Å². The van der Waals surface area contributed by atoms with Gasteiger partial charge in [0.05, 0.1) is 27.0 Å². The molecule has 10 nitrogen and oxygen atoms in total. The molecule has 0 fully saturated rings. The van der Waals surface area contributed by atoms with Crippen molar-refractivity contribution >= 4 is 5.71 Å². The number of methoxy groups -OCH3 is 3. The molecular formula is C53H68N4O6. The van der Waals surface area contributed by atoms with Gasteiger partial charge in [0.1, 0.15) is 28.7 Å². The third-order valence-corrected chi connectivity index (χ3v) is 12.9. The van der Waals surface area contributed by atoms with E-state index in [1.807, 2.05) is 36.4 Å². The third-order valence-electron chi connectivity index (χ3n) is 12.9. The number of nitrogens with two attached hydrogens (primary N) is 3. The first kappa shape index (κ1) is 46.9. The Hall–Kier alpha value is -5.55. The Morgan fingerprint density at radius 3 is 1.33 bits per heavy atom. The second-order valence-corrected chi connectivity index (χ2v) is 17.1. The zero-order valence-corrected chi connectivity index (χ0v) is 37.5. The van der Waals surface area contributed by atoms with Gasteiger partial charge in [0.15, 0.2) is 0 Å². The SMILES string of the molecule is COc1ccc2c(c1)/C(=N/O)CCC2.COc1ccc2c(c1)C(N)CCC2.COc1ccc2c(c1)CCCC2.NC1CCCc2ccc(O)cc21.NC1CCCc2ccc(O)cc21. The zero-order chi connectivity index (χ0) is 44.7. The third kappa shape index (κ3) is 12.8. The molecule has 3 unspecified atom stereocenters. The lowest BCUT2D eigenvalue weighted by molar-refractivity contribution is 0.317. The van der Waals surface area contributed by atoms with E-state index in [9.17, 15) is 10.2 Å². The Bertz CT molecular complexity index is 2230. The quantitative estimate of drug-likeness (QED) is 0.0761. The highest BCUT2D eigenvalue weighted by Gasteiger charge is 2.19. The summed E-state index contributed by atoms with van der Waals surface area (Å²) in [7, 11) is 5.06. The van der Waals surface area contributed by atoms with Crippen molar-refractivity contribution in [3.63, 3.8) is 0 Å². The average molecular weight is 857 g/mol. The molecule has 0 aliphatic heterocycles. The highest BCUT2D eigenvalue weighted by molar-refractivity contribution is 6.02. The second-order valence-electron chi connectivity index (χ2n) is 17.1. The minimum Gasteiger partial charge on any atom is -0.508 e. The first-order chi connectivity index (χ1) is 30.6. The van der Waals surface area contributed by atoms with Gasteiger partial charge in [0.2, 0.25) is 0 Å². The summed E-state index contributed by atoms with van der Waals surface area (Å²) >= 11 is 0. The van der Waals surface area contributed by atoms with E-state index in [-0.39, 0.29) is 18.1 Å². The van der Waals surface area contributed by atoms with E-state index >= 15 is 0 Å². The number of hydrogen-bond acceptors (Lipinski definition) is 10. The molecule has 5 aliphatic carbocycles. The summed E-state index contributed by atoms with van der Waals surface area (Å²) in [6, 6.07) is 30.0. The van der Waals surface area contributed by atoms with E-state index in [1.54, 1.807) is 45.6 Å². The maximum absolute atomic E-state index is 9.25. The normalized spacial score (nSPS) is 19.6. The lowest BCUT2D eigenvalue weighted by atomic mass is 9.88. The van der Waals surface area contributed by atoms with Crippen molar-refractivity contribution in [2.45, 2.75) is 121 Å². The number of aromatic hydroxyl groups is 2. The fraction of sp³-hybridized carbons (Fsp3) is 0.415. The number of benzene rings is 5. The monoisotopic (exact) mass is 857 g/mol. The van der Waals surface area contributed by atoms with Gasteiger partial charge in [-0.3, -0.25) is 0 Å². The molecular weight excluding hydrogens is 789 g/mol. The van der Waals surface area contributed by atoms with Gasteiger partial charge in [-0.2, -0.15) is 0 Å². The number of phenolic OH excluding ortho intramolecular Hbond substituents is 2. The summed E-state index contributed by atoms with van der Waals surface area (Å²) in [5, 5.41) is 30.7. The van der Waals surface area contributed by atoms with Gasteiger partial charge in [-0.15, -0.1) is 0 Å². The van der Waals surface area contributed by atoms with Crippen molar-refractivity contribution in [2.24, 2.45) is 22.4 Å². The summed E-state index contributed by atoms with van der Waals surface area (Å²) in [5.74, 6) is 3.37. The smallest absolute Gasteiger partial charge is 0.119 e. The molecule has 0 saturated carbocycles. The summed E-state index contributed by atoms with van der Waals surface area (Å²) in [6.07, 6.45) is 18.2. The summed E-state index contributed by atoms with van der Waals surface area (Å²) in [5.41, 5.74) is 31.4. The van der Waals surface area contributed by atoms with E-state index in [4.69, 9.17) is 36.6 Å². The van der Waals surface area contributed by atoms with E-state index in [2.05, 4.69) is 35.5 Å². The molecule has 0 bridgehead atoms. The molecule has 3 atom stereocenters. The van der Waals surface area contributed by atoms with Crippen molar-refractivity contribution in [1.82, 2.24) is 0 Å². The van der Waals surface area contributed by atoms with E-state index < -0.39 is 0 Å². The lowest BCUT2D eigenvalue weighted by Crippen LogP contribution is -2.17. The van der Waals surface area contributed by atoms with Crippen LogP contribution in [0.1, 0.15) is 138 Å². The predicted molar refractivity (Wildman–Crippen MR) is 253 cm³/mol. The topological polar surface area (TPSA) is 179 Å². The largest absolute Gasteiger partial charge is 0.508 e. The van der Waals surface area contributed by atoms with Crippen LogP contribution in [0.2, 0.25) is 0 Å². The van der Waals surface area contributed by atoms with Crippen molar-refractivity contribution in [1.29, 1.82) is 0 Å². The van der Waals surface area contributed by atoms with Crippen molar-refractivity contribution < 1.29 is 29.6 Å². The number of nitrogens with zero attached hydrogens (tertiary/aromatic N) is 1. The van der Waals surface area contributed by atoms with Crippen LogP contribution < -0.4 is 31.4 Å². The second kappa shape index (κ2) is 23.2. The molecule has 336 valence electrons. The molecule has 10 heteroatoms. The maximum Gasteiger partial charge on any atom is 0.119 e. The van der Waals surface area contributed by atoms with Gasteiger partial charge in [-0.05, 0) is 213 Å². The standard InChI is InChI=1S/C11H13NO2.C11H15NO.C11H14O.2C10H13NO/c1-14-9-6-5-8-3-2-4-11(12-13)10(8)7-9;1-13-9-6-5-8-3-2-4-11(12)10(8)7-9;1-12-11-7-6-9-4-2-3-5-10(9)8-11;2*11-10-3-1-2-7-4-5-8(12)6-9(7)10/h5-7,13H,2-4H2,1H3;5-7,11H,2-4,12H2,1H3;6-8H,2-5H2,1H3;2*4-6,10,12H,1-3,11H2/b12-11+;;;;. The number of rotatable bonds is 3. The maximum atomic E-state index is 9.25. The molecule has 0 aromatic heterocycles. The van der Waals surface area contributed by atoms with Gasteiger partial charge in [-0.1, -0.05) is 35.5 Å². The molecule has 0 heterocycles. The Labute approximate surface area is 374 Å². The van der Waals surface area contributed by atoms with Crippen LogP contribution in [0.5, 0.6) is 28.7 Å². The first-order valence-corrected chi connectivity index (χ1v) is 22.7. The van der Waals surface area contributed by atoms with Crippen molar-refractivity contribution in [3.8, 4) is 28.7 Å². The van der Waals surface area contributed by atoms with Gasteiger partial charge in [0.25, 0.3) is 0 Å². The zero-order valence-electron chi connectivity index (χ0n) is 37.5. The number of fused-ring (bicyclic) bond motifs is 5. The van der Waals surface area contributed by atoms with E-state index in [0.29, 0.717) is 11.5 Å². The lowest BCUT2D eigenvalue weighted by Gasteiger charge is -2.22. The van der Waals surface area contributed by atoms with Crippen LogP contribution in [-0.2, 0) is 38.5 Å². The number of oxime groups is 1. The molecule has 0 amide bonds. The fourth-order valence-electron chi connectivity index (χ4n) is 9.28. The molecule has 5 aliphatic rings. The highest BCUT2D eigenvalue weighted by atomic mass is 16.5. The molecule has 0 radical (unpaired) electrons. The van der Waals surface area contributed by atoms with Gasteiger partial charge in [0, 0.05) is 23.7 Å². The molecule has 0 saturated heterocycles. The Morgan fingerprint density at radius 1 is 0.429 bits per heavy atom. The fourth-order valence-corrected chi connectivity index (χ4v) is 9.28. The number of hydrogen-bond donors (Lipinski definition) is 6. The Morgan fingerprint density at radius 2 is 0.825 bits per heavy atom. The predicted octanol–water partition coefficient (Wildman–Crippen LogP) is 10.3. The Kier molecular flexibility index (Phi) is 17.3. The summed E-state index contributed by atoms with van der Waals surface area (Å²) < 4.78 is 15.5. The first-order valence-electron chi connectivity index (χ1n) is 22.7. The number of ether oxygens (including phenoxy) is 3. The molecule has 0 spiro atoms. The number of phenols is 2. The molecule has 10 rings (SSSR count). The van der Waals surface area contributed by atoms with Gasteiger partial charge >= 0.3 is 0 Å². The molecule has 5 aromatic rings. The minimum absolute atomic E-state index is 0.126. The summed E-state index contributed by atoms with van der Waals surface area (Å²) in [4.78, 5) is 0. The molecule has 5 aromatic carbocycles. The Balaban J connectivity index is 0.000000131. The number of aryl methyl sites for hydroxylation is 6. The van der Waals surface area contributed by atoms with Crippen LogP contribution in [0.25, 0.3) is 0 Å². The average Bonchev–Trinajstić information content (AvgIpc) is 3.32. The highest BCUT2D eigenvalue weighted by Crippen LogP contribution is 2.33. The van der Waals surface area contributed by atoms with Crippen LogP contribution in [-0.4, -0.2) is 42.5 Å². The minimum atomic E-state index is 0.126. The van der Waals surface area contributed by atoms with Gasteiger partial charge in [-0.25, -0.2) is 0 Å². The van der Waals surface area contributed by atoms with E-state index in [1.165, 1.54) is 83.9 Å². The van der Waals surface area contributed by atoms with Gasteiger partial charge < -0.3 is 46.8 Å². The van der Waals surface area contributed by atoms with Crippen LogP contribution in [0.3, 0.4) is 0 Å². The van der Waals surface area contributed by atoms with Crippen molar-refractivity contribution in [3.05, 3.63) is 147 Å². The summed E-state index contributed by atoms with van der Waals surface area (Å²) in [6.45, 7) is 0. The molecule has 63 heavy (non-hydrogen) atoms.